The van der Waals surface area contributed by atoms with Crippen molar-refractivity contribution in [1.82, 2.24) is 4.31 Å². The van der Waals surface area contributed by atoms with Gasteiger partial charge in [0.05, 0.1) is 4.90 Å². The Bertz CT molecular complexity index is 818. The molecule has 0 fully saturated rings. The van der Waals surface area contributed by atoms with Crippen LogP contribution in [0.4, 0.5) is 5.69 Å². The van der Waals surface area contributed by atoms with Gasteiger partial charge in [0.2, 0.25) is 15.9 Å². The quantitative estimate of drug-likeness (QED) is 0.796. The number of carbonyl (C=O) groups excluding carboxylic acids is 1. The predicted octanol–water partition coefficient (Wildman–Crippen LogP) is 3.69. The molecular formula is C18H21ClN2O3S. The van der Waals surface area contributed by atoms with Gasteiger partial charge < -0.3 is 5.32 Å². The summed E-state index contributed by atoms with van der Waals surface area (Å²) < 4.78 is 26.1. The second-order valence-electron chi connectivity index (χ2n) is 5.80. The number of anilines is 1. The van der Waals surface area contributed by atoms with Crippen molar-refractivity contribution in [2.24, 2.45) is 0 Å². The lowest BCUT2D eigenvalue weighted by Gasteiger charge is -2.17. The van der Waals surface area contributed by atoms with Gasteiger partial charge in [-0.15, -0.1) is 0 Å². The molecule has 0 aliphatic heterocycles. The number of nitrogens with one attached hydrogen (secondary N) is 1. The molecule has 2 aromatic rings. The molecule has 0 atom stereocenters. The molecule has 0 radical (unpaired) electrons. The van der Waals surface area contributed by atoms with Crippen LogP contribution < -0.4 is 5.32 Å². The van der Waals surface area contributed by atoms with Crippen LogP contribution in [-0.4, -0.2) is 32.2 Å². The van der Waals surface area contributed by atoms with E-state index in [0.717, 1.165) is 11.3 Å². The fourth-order valence-electron chi connectivity index (χ4n) is 2.23. The summed E-state index contributed by atoms with van der Waals surface area (Å²) in [4.78, 5) is 12.1. The highest BCUT2D eigenvalue weighted by molar-refractivity contribution is 7.89. The molecule has 0 saturated heterocycles. The largest absolute Gasteiger partial charge is 0.326 e. The SMILES string of the molecule is Cc1ccc(NC(=O)CCCN(C)S(=O)(=O)c2ccc(Cl)cc2)cc1. The lowest BCUT2D eigenvalue weighted by Crippen LogP contribution is -2.28. The highest BCUT2D eigenvalue weighted by Crippen LogP contribution is 2.18. The zero-order chi connectivity index (χ0) is 18.4. The standard InChI is InChI=1S/C18H21ClN2O3S/c1-14-5-9-16(10-6-14)20-18(22)4-3-13-21(2)25(23,24)17-11-7-15(19)8-12-17/h5-12H,3-4,13H2,1-2H3,(H,20,22). The van der Waals surface area contributed by atoms with E-state index in [-0.39, 0.29) is 23.8 Å². The molecule has 0 bridgehead atoms. The minimum Gasteiger partial charge on any atom is -0.326 e. The van der Waals surface area contributed by atoms with Crippen molar-refractivity contribution in [2.45, 2.75) is 24.7 Å². The lowest BCUT2D eigenvalue weighted by molar-refractivity contribution is -0.116. The van der Waals surface area contributed by atoms with Gasteiger partial charge in [-0.1, -0.05) is 29.3 Å². The molecule has 0 aliphatic rings. The Morgan fingerprint density at radius 2 is 1.68 bits per heavy atom. The molecule has 0 aromatic heterocycles. The summed E-state index contributed by atoms with van der Waals surface area (Å²) in [5.41, 5.74) is 1.85. The Kier molecular flexibility index (Phi) is 6.58. The minimum atomic E-state index is -3.57. The second-order valence-corrected chi connectivity index (χ2v) is 8.28. The van der Waals surface area contributed by atoms with Crippen molar-refractivity contribution in [3.05, 3.63) is 59.1 Å². The molecule has 1 amide bonds. The molecule has 134 valence electrons. The number of halogens is 1. The Morgan fingerprint density at radius 3 is 2.28 bits per heavy atom. The van der Waals surface area contributed by atoms with Crippen molar-refractivity contribution in [3.8, 4) is 0 Å². The number of hydrogen-bond acceptors (Lipinski definition) is 3. The molecule has 25 heavy (non-hydrogen) atoms. The van der Waals surface area contributed by atoms with Gasteiger partial charge in [0.1, 0.15) is 0 Å². The van der Waals surface area contributed by atoms with Gasteiger partial charge in [-0.25, -0.2) is 12.7 Å². The fraction of sp³-hybridized carbons (Fsp3) is 0.278. The number of rotatable bonds is 7. The molecule has 0 spiro atoms. The Balaban J connectivity index is 1.84. The predicted molar refractivity (Wildman–Crippen MR) is 100 cm³/mol. The molecule has 0 saturated carbocycles. The minimum absolute atomic E-state index is 0.138. The maximum Gasteiger partial charge on any atom is 0.242 e. The van der Waals surface area contributed by atoms with E-state index in [0.29, 0.717) is 11.4 Å². The summed E-state index contributed by atoms with van der Waals surface area (Å²) >= 11 is 5.78. The Hall–Kier alpha value is -1.89. The lowest BCUT2D eigenvalue weighted by atomic mass is 10.2. The second kappa shape index (κ2) is 8.47. The number of hydrogen-bond donors (Lipinski definition) is 1. The number of aryl methyl sites for hydroxylation is 1. The highest BCUT2D eigenvalue weighted by atomic mass is 35.5. The van der Waals surface area contributed by atoms with Gasteiger partial charge >= 0.3 is 0 Å². The third kappa shape index (κ3) is 5.56. The van der Waals surface area contributed by atoms with E-state index in [4.69, 9.17) is 11.6 Å². The van der Waals surface area contributed by atoms with Crippen LogP contribution in [0.15, 0.2) is 53.4 Å². The van der Waals surface area contributed by atoms with Crippen LogP contribution in [0.1, 0.15) is 18.4 Å². The topological polar surface area (TPSA) is 66.5 Å². The van der Waals surface area contributed by atoms with E-state index in [2.05, 4.69) is 5.32 Å². The van der Waals surface area contributed by atoms with E-state index in [1.807, 2.05) is 31.2 Å². The first-order chi connectivity index (χ1) is 11.8. The van der Waals surface area contributed by atoms with E-state index in [1.165, 1.54) is 35.6 Å². The average molecular weight is 381 g/mol. The highest BCUT2D eigenvalue weighted by Gasteiger charge is 2.20. The molecule has 7 heteroatoms. The third-order valence-electron chi connectivity index (χ3n) is 3.73. The smallest absolute Gasteiger partial charge is 0.242 e. The number of benzene rings is 2. The van der Waals surface area contributed by atoms with E-state index >= 15 is 0 Å². The molecule has 2 rings (SSSR count). The van der Waals surface area contributed by atoms with Crippen molar-refractivity contribution >= 4 is 33.2 Å². The Morgan fingerprint density at radius 1 is 1.08 bits per heavy atom. The van der Waals surface area contributed by atoms with Crippen LogP contribution in [-0.2, 0) is 14.8 Å². The summed E-state index contributed by atoms with van der Waals surface area (Å²) in [6, 6.07) is 13.5. The third-order valence-corrected chi connectivity index (χ3v) is 5.86. The van der Waals surface area contributed by atoms with Crippen LogP contribution in [0.25, 0.3) is 0 Å². The van der Waals surface area contributed by atoms with Crippen molar-refractivity contribution in [2.75, 3.05) is 18.9 Å². The van der Waals surface area contributed by atoms with Gasteiger partial charge in [0.15, 0.2) is 0 Å². The summed E-state index contributed by atoms with van der Waals surface area (Å²) in [5.74, 6) is -0.138. The van der Waals surface area contributed by atoms with Crippen LogP contribution in [0, 0.1) is 6.92 Å². The first-order valence-corrected chi connectivity index (χ1v) is 9.69. The molecule has 5 nitrogen and oxygen atoms in total. The molecular weight excluding hydrogens is 360 g/mol. The van der Waals surface area contributed by atoms with Gasteiger partial charge in [0, 0.05) is 30.7 Å². The summed E-state index contributed by atoms with van der Waals surface area (Å²) in [5, 5.41) is 3.28. The summed E-state index contributed by atoms with van der Waals surface area (Å²) in [7, 11) is -2.07. The maximum atomic E-state index is 12.4. The molecule has 0 unspecified atom stereocenters. The van der Waals surface area contributed by atoms with E-state index < -0.39 is 10.0 Å². The molecule has 1 N–H and O–H groups in total. The fourth-order valence-corrected chi connectivity index (χ4v) is 3.56. The van der Waals surface area contributed by atoms with Crippen LogP contribution in [0.3, 0.4) is 0 Å². The molecule has 0 heterocycles. The van der Waals surface area contributed by atoms with Crippen LogP contribution in [0.2, 0.25) is 5.02 Å². The first kappa shape index (κ1) is 19.4. The first-order valence-electron chi connectivity index (χ1n) is 7.87. The van der Waals surface area contributed by atoms with Crippen LogP contribution in [0.5, 0.6) is 0 Å². The number of carbonyl (C=O) groups is 1. The van der Waals surface area contributed by atoms with Gasteiger partial charge in [0.25, 0.3) is 0 Å². The van der Waals surface area contributed by atoms with Crippen molar-refractivity contribution in [1.29, 1.82) is 0 Å². The maximum absolute atomic E-state index is 12.4. The normalized spacial score (nSPS) is 11.5. The summed E-state index contributed by atoms with van der Waals surface area (Å²) in [6.45, 7) is 2.23. The van der Waals surface area contributed by atoms with Crippen molar-refractivity contribution < 1.29 is 13.2 Å². The number of nitrogens with zero attached hydrogens (tertiary/aromatic N) is 1. The zero-order valence-electron chi connectivity index (χ0n) is 14.2. The number of sulfonamides is 1. The average Bonchev–Trinajstić information content (AvgIpc) is 2.57. The van der Waals surface area contributed by atoms with Gasteiger partial charge in [-0.05, 0) is 49.7 Å². The van der Waals surface area contributed by atoms with E-state index in [1.54, 1.807) is 0 Å². The molecule has 0 aliphatic carbocycles. The summed E-state index contributed by atoms with van der Waals surface area (Å²) in [6.07, 6.45) is 0.676. The number of amides is 1. The van der Waals surface area contributed by atoms with E-state index in [9.17, 15) is 13.2 Å². The van der Waals surface area contributed by atoms with Gasteiger partial charge in [-0.2, -0.15) is 0 Å². The monoisotopic (exact) mass is 380 g/mol. The molecule has 2 aromatic carbocycles. The van der Waals surface area contributed by atoms with Crippen LogP contribution >= 0.6 is 11.6 Å². The van der Waals surface area contributed by atoms with Crippen molar-refractivity contribution in [3.63, 3.8) is 0 Å². The van der Waals surface area contributed by atoms with Gasteiger partial charge in [-0.3, -0.25) is 4.79 Å². The Labute approximate surface area is 153 Å². The zero-order valence-corrected chi connectivity index (χ0v) is 15.8.